The van der Waals surface area contributed by atoms with Gasteiger partial charge in [-0.3, -0.25) is 9.79 Å². The monoisotopic (exact) mass is 410 g/mol. The van der Waals surface area contributed by atoms with Gasteiger partial charge in [0.2, 0.25) is 5.91 Å². The Bertz CT molecular complexity index is 337. The van der Waals surface area contributed by atoms with Gasteiger partial charge in [-0.25, -0.2) is 0 Å². The maximum atomic E-state index is 11.6. The van der Waals surface area contributed by atoms with Gasteiger partial charge in [0.05, 0.1) is 6.54 Å². The van der Waals surface area contributed by atoms with Crippen LogP contribution in [0.15, 0.2) is 4.99 Å². The zero-order valence-corrected chi connectivity index (χ0v) is 16.3. The summed E-state index contributed by atoms with van der Waals surface area (Å²) in [6.45, 7) is 4.91. The van der Waals surface area contributed by atoms with Crippen LogP contribution < -0.4 is 10.6 Å². The molecule has 0 bridgehead atoms. The topological polar surface area (TPSA) is 56.7 Å². The Morgan fingerprint density at radius 3 is 2.24 bits per heavy atom. The summed E-state index contributed by atoms with van der Waals surface area (Å²) in [6, 6.07) is 0.477. The van der Waals surface area contributed by atoms with Crippen molar-refractivity contribution < 1.29 is 4.79 Å². The minimum atomic E-state index is 0. The summed E-state index contributed by atoms with van der Waals surface area (Å²) in [5.41, 5.74) is 0. The fraction of sp³-hybridized carbons (Fsp3) is 0.867. The number of halogens is 1. The van der Waals surface area contributed by atoms with Crippen molar-refractivity contribution in [1.82, 2.24) is 15.5 Å². The summed E-state index contributed by atoms with van der Waals surface area (Å²) in [5, 5.41) is 6.51. The molecule has 1 aliphatic rings. The Hall–Kier alpha value is -0.530. The normalized spacial score (nSPS) is 22.5. The van der Waals surface area contributed by atoms with E-state index in [0.717, 1.165) is 17.8 Å². The molecule has 0 spiro atoms. The molecule has 124 valence electrons. The van der Waals surface area contributed by atoms with E-state index in [1.165, 1.54) is 25.7 Å². The molecule has 1 aliphatic carbocycles. The predicted molar refractivity (Wildman–Crippen MR) is 99.2 cm³/mol. The van der Waals surface area contributed by atoms with E-state index in [1.807, 2.05) is 0 Å². The lowest BCUT2D eigenvalue weighted by molar-refractivity contribution is -0.127. The second-order valence-electron chi connectivity index (χ2n) is 6.21. The fourth-order valence-electron chi connectivity index (χ4n) is 2.64. The molecular weight excluding hydrogens is 379 g/mol. The molecule has 21 heavy (non-hydrogen) atoms. The fourth-order valence-corrected chi connectivity index (χ4v) is 2.64. The quantitative estimate of drug-likeness (QED) is 0.424. The Balaban J connectivity index is 0.00000400. The first-order valence-corrected chi connectivity index (χ1v) is 7.61. The summed E-state index contributed by atoms with van der Waals surface area (Å²) < 4.78 is 0. The van der Waals surface area contributed by atoms with Gasteiger partial charge < -0.3 is 15.5 Å². The molecule has 0 saturated heterocycles. The number of nitrogens with one attached hydrogen (secondary N) is 2. The van der Waals surface area contributed by atoms with E-state index in [2.05, 4.69) is 29.5 Å². The first-order chi connectivity index (χ1) is 9.43. The van der Waals surface area contributed by atoms with E-state index in [4.69, 9.17) is 0 Å². The molecule has 6 heteroatoms. The van der Waals surface area contributed by atoms with Gasteiger partial charge in [0.15, 0.2) is 5.96 Å². The Morgan fingerprint density at radius 1 is 1.24 bits per heavy atom. The third kappa shape index (κ3) is 7.33. The average Bonchev–Trinajstić information content (AvgIpc) is 2.43. The molecule has 1 rings (SSSR count). The summed E-state index contributed by atoms with van der Waals surface area (Å²) >= 11 is 0. The van der Waals surface area contributed by atoms with Gasteiger partial charge in [0.1, 0.15) is 0 Å². The molecule has 0 atom stereocenters. The van der Waals surface area contributed by atoms with E-state index in [-0.39, 0.29) is 36.4 Å². The standard InChI is InChI=1S/C15H30N4O.HI/c1-11(2)12-6-8-13(9-7-12)18-15(16-3)17-10-14(20)19(4)5;/h11-13H,6-10H2,1-5H3,(H2,16,17,18);1H. The second kappa shape index (κ2) is 10.2. The van der Waals surface area contributed by atoms with Crippen molar-refractivity contribution in [2.45, 2.75) is 45.6 Å². The van der Waals surface area contributed by atoms with Gasteiger partial charge in [-0.05, 0) is 37.5 Å². The Morgan fingerprint density at radius 2 is 1.81 bits per heavy atom. The average molecular weight is 410 g/mol. The SMILES string of the molecule is CN=C(NCC(=O)N(C)C)NC1CCC(C(C)C)CC1.I. The first-order valence-electron chi connectivity index (χ1n) is 7.61. The van der Waals surface area contributed by atoms with Crippen LogP contribution >= 0.6 is 24.0 Å². The van der Waals surface area contributed by atoms with Gasteiger partial charge in [0.25, 0.3) is 0 Å². The van der Waals surface area contributed by atoms with Crippen LogP contribution in [0.1, 0.15) is 39.5 Å². The number of hydrogen-bond acceptors (Lipinski definition) is 2. The summed E-state index contributed by atoms with van der Waals surface area (Å²) in [7, 11) is 5.26. The van der Waals surface area contributed by atoms with Crippen LogP contribution in [-0.2, 0) is 4.79 Å². The van der Waals surface area contributed by atoms with E-state index in [0.29, 0.717) is 6.04 Å². The predicted octanol–water partition coefficient (Wildman–Crippen LogP) is 2.07. The number of nitrogens with zero attached hydrogens (tertiary/aromatic N) is 2. The van der Waals surface area contributed by atoms with Crippen molar-refractivity contribution in [3.05, 3.63) is 0 Å². The van der Waals surface area contributed by atoms with Crippen LogP contribution in [0.2, 0.25) is 0 Å². The molecule has 5 nitrogen and oxygen atoms in total. The maximum absolute atomic E-state index is 11.6. The molecule has 1 fully saturated rings. The summed E-state index contributed by atoms with van der Waals surface area (Å²) in [4.78, 5) is 17.3. The highest BCUT2D eigenvalue weighted by Crippen LogP contribution is 2.29. The molecule has 0 unspecified atom stereocenters. The summed E-state index contributed by atoms with van der Waals surface area (Å²) in [6.07, 6.45) is 4.93. The van der Waals surface area contributed by atoms with E-state index >= 15 is 0 Å². The third-order valence-corrected chi connectivity index (χ3v) is 4.18. The third-order valence-electron chi connectivity index (χ3n) is 4.18. The van der Waals surface area contributed by atoms with Gasteiger partial charge in [0, 0.05) is 27.2 Å². The van der Waals surface area contributed by atoms with E-state index in [1.54, 1.807) is 26.0 Å². The van der Waals surface area contributed by atoms with Gasteiger partial charge in [-0.1, -0.05) is 13.8 Å². The number of amides is 1. The number of guanidine groups is 1. The smallest absolute Gasteiger partial charge is 0.241 e. The van der Waals surface area contributed by atoms with Crippen LogP contribution in [0.3, 0.4) is 0 Å². The highest BCUT2D eigenvalue weighted by Gasteiger charge is 2.23. The van der Waals surface area contributed by atoms with E-state index < -0.39 is 0 Å². The second-order valence-corrected chi connectivity index (χ2v) is 6.21. The molecule has 0 aliphatic heterocycles. The maximum Gasteiger partial charge on any atom is 0.241 e. The van der Waals surface area contributed by atoms with E-state index in [9.17, 15) is 4.79 Å². The molecule has 1 saturated carbocycles. The highest BCUT2D eigenvalue weighted by molar-refractivity contribution is 14.0. The largest absolute Gasteiger partial charge is 0.354 e. The Labute approximate surface area is 146 Å². The molecule has 0 aromatic heterocycles. The molecule has 0 aromatic carbocycles. The molecule has 0 aromatic rings. The minimum absolute atomic E-state index is 0. The van der Waals surface area contributed by atoms with Crippen molar-refractivity contribution in [1.29, 1.82) is 0 Å². The lowest BCUT2D eigenvalue weighted by atomic mass is 9.80. The number of hydrogen-bond donors (Lipinski definition) is 2. The van der Waals surface area contributed by atoms with Crippen LogP contribution in [-0.4, -0.2) is 50.5 Å². The minimum Gasteiger partial charge on any atom is -0.354 e. The Kier molecular flexibility index (Phi) is 9.98. The lowest BCUT2D eigenvalue weighted by Gasteiger charge is -2.32. The highest BCUT2D eigenvalue weighted by atomic mass is 127. The van der Waals surface area contributed by atoms with Crippen molar-refractivity contribution in [2.75, 3.05) is 27.7 Å². The first kappa shape index (κ1) is 20.5. The molecular formula is C15H31IN4O. The van der Waals surface area contributed by atoms with Gasteiger partial charge in [-0.2, -0.15) is 0 Å². The molecule has 0 radical (unpaired) electrons. The number of rotatable bonds is 4. The van der Waals surface area contributed by atoms with Gasteiger partial charge >= 0.3 is 0 Å². The van der Waals surface area contributed by atoms with Crippen molar-refractivity contribution in [2.24, 2.45) is 16.8 Å². The molecule has 0 heterocycles. The number of carbonyl (C=O) groups is 1. The van der Waals surface area contributed by atoms with Crippen molar-refractivity contribution in [3.63, 3.8) is 0 Å². The van der Waals surface area contributed by atoms with Gasteiger partial charge in [-0.15, -0.1) is 24.0 Å². The number of aliphatic imine (C=N–C) groups is 1. The zero-order chi connectivity index (χ0) is 15.1. The lowest BCUT2D eigenvalue weighted by Crippen LogP contribution is -2.47. The van der Waals surface area contributed by atoms with Crippen molar-refractivity contribution in [3.8, 4) is 0 Å². The number of carbonyl (C=O) groups excluding carboxylic acids is 1. The molecule has 2 N–H and O–H groups in total. The van der Waals surface area contributed by atoms with Crippen molar-refractivity contribution >= 4 is 35.8 Å². The summed E-state index contributed by atoms with van der Waals surface area (Å²) in [5.74, 6) is 2.43. The molecule has 1 amide bonds. The number of likely N-dealkylation sites (N-methyl/N-ethyl adjacent to an activating group) is 1. The van der Waals surface area contributed by atoms with Crippen LogP contribution in [0.25, 0.3) is 0 Å². The van der Waals surface area contributed by atoms with Crippen LogP contribution in [0.5, 0.6) is 0 Å². The zero-order valence-electron chi connectivity index (χ0n) is 14.0. The van der Waals surface area contributed by atoms with Crippen LogP contribution in [0, 0.1) is 11.8 Å². The van der Waals surface area contributed by atoms with Crippen LogP contribution in [0.4, 0.5) is 0 Å².